The Kier molecular flexibility index (Phi) is 8.43. The van der Waals surface area contributed by atoms with E-state index in [0.29, 0.717) is 17.8 Å². The molecule has 1 fully saturated rings. The van der Waals surface area contributed by atoms with E-state index in [-0.39, 0.29) is 11.6 Å². The van der Waals surface area contributed by atoms with E-state index in [1.807, 2.05) is 4.57 Å². The van der Waals surface area contributed by atoms with Gasteiger partial charge in [-0.05, 0) is 48.5 Å². The third-order valence-electron chi connectivity index (χ3n) is 6.71. The molecule has 1 saturated heterocycles. The van der Waals surface area contributed by atoms with Crippen LogP contribution in [0.2, 0.25) is 5.02 Å². The van der Waals surface area contributed by atoms with Gasteiger partial charge in [0, 0.05) is 74.1 Å². The topological polar surface area (TPSA) is 103 Å². The van der Waals surface area contributed by atoms with Crippen molar-refractivity contribution in [2.24, 2.45) is 0 Å². The summed E-state index contributed by atoms with van der Waals surface area (Å²) >= 11 is 5.64. The highest BCUT2D eigenvalue weighted by Gasteiger charge is 2.33. The average Bonchev–Trinajstić information content (AvgIpc) is 3.34. The first-order valence-corrected chi connectivity index (χ1v) is 13.3. The number of alkyl halides is 3. The predicted molar refractivity (Wildman–Crippen MR) is 152 cm³/mol. The van der Waals surface area contributed by atoms with Crippen molar-refractivity contribution in [3.05, 3.63) is 83.3 Å². The molecule has 1 aliphatic rings. The number of aromatic nitrogens is 2. The number of anilines is 2. The van der Waals surface area contributed by atoms with Crippen LogP contribution in [0.3, 0.4) is 0 Å². The fraction of sp³-hybridized carbons (Fsp3) is 0.250. The molecule has 3 amide bonds. The highest BCUT2D eigenvalue weighted by atomic mass is 35.5. The van der Waals surface area contributed by atoms with Crippen molar-refractivity contribution < 1.29 is 22.8 Å². The van der Waals surface area contributed by atoms with E-state index in [2.05, 4.69) is 31.2 Å². The van der Waals surface area contributed by atoms with Crippen LogP contribution in [0.25, 0.3) is 16.6 Å². The molecular formula is C28H27ClF3N7O2. The summed E-state index contributed by atoms with van der Waals surface area (Å²) in [6.07, 6.45) is 0.410. The van der Waals surface area contributed by atoms with Crippen molar-refractivity contribution in [2.45, 2.75) is 6.18 Å². The number of carbonyl (C=O) groups is 2. The minimum atomic E-state index is -4.65. The number of hydrogen-bond acceptors (Lipinski definition) is 5. The Morgan fingerprint density at radius 3 is 2.44 bits per heavy atom. The molecule has 214 valence electrons. The van der Waals surface area contributed by atoms with Gasteiger partial charge in [0.1, 0.15) is 0 Å². The first-order chi connectivity index (χ1) is 19.7. The zero-order chi connectivity index (χ0) is 29.0. The Labute approximate surface area is 238 Å². The van der Waals surface area contributed by atoms with Crippen molar-refractivity contribution in [1.82, 2.24) is 25.1 Å². The van der Waals surface area contributed by atoms with Crippen molar-refractivity contribution >= 4 is 45.8 Å². The summed E-state index contributed by atoms with van der Waals surface area (Å²) in [5, 5.41) is 11.6. The minimum Gasteiger partial charge on any atom is -0.351 e. The van der Waals surface area contributed by atoms with E-state index in [1.54, 1.807) is 48.9 Å². The van der Waals surface area contributed by atoms with Crippen LogP contribution in [0.5, 0.6) is 0 Å². The van der Waals surface area contributed by atoms with Crippen LogP contribution >= 0.6 is 11.6 Å². The molecule has 0 radical (unpaired) electrons. The lowest BCUT2D eigenvalue weighted by atomic mass is 10.2. The number of hydrogen-bond donors (Lipinski definition) is 4. The van der Waals surface area contributed by atoms with Crippen molar-refractivity contribution in [2.75, 3.05) is 49.9 Å². The van der Waals surface area contributed by atoms with Gasteiger partial charge in [-0.3, -0.25) is 14.7 Å². The van der Waals surface area contributed by atoms with Gasteiger partial charge >= 0.3 is 12.2 Å². The lowest BCUT2D eigenvalue weighted by Crippen LogP contribution is -2.46. The summed E-state index contributed by atoms with van der Waals surface area (Å²) in [4.78, 5) is 32.0. The van der Waals surface area contributed by atoms with Crippen LogP contribution in [0.1, 0.15) is 15.9 Å². The smallest absolute Gasteiger partial charge is 0.351 e. The maximum atomic E-state index is 13.1. The molecule has 1 aliphatic heterocycles. The number of fused-ring (bicyclic) bond motifs is 1. The molecule has 2 aromatic carbocycles. The molecule has 0 atom stereocenters. The first kappa shape index (κ1) is 28.4. The molecule has 41 heavy (non-hydrogen) atoms. The number of nitrogens with one attached hydrogen (secondary N) is 4. The van der Waals surface area contributed by atoms with Gasteiger partial charge in [0.15, 0.2) is 0 Å². The Balaban J connectivity index is 1.26. The average molecular weight is 586 g/mol. The number of urea groups is 1. The third kappa shape index (κ3) is 6.79. The van der Waals surface area contributed by atoms with Crippen molar-refractivity contribution in [1.29, 1.82) is 0 Å². The zero-order valence-electron chi connectivity index (χ0n) is 21.8. The largest absolute Gasteiger partial charge is 0.417 e. The molecule has 4 aromatic rings. The Hall–Kier alpha value is -4.13. The van der Waals surface area contributed by atoms with Crippen LogP contribution in [0.15, 0.2) is 67.1 Å². The molecule has 0 aliphatic carbocycles. The van der Waals surface area contributed by atoms with Crippen molar-refractivity contribution in [3.63, 3.8) is 0 Å². The normalized spacial score (nSPS) is 14.1. The lowest BCUT2D eigenvalue weighted by molar-refractivity contribution is -0.137. The van der Waals surface area contributed by atoms with Gasteiger partial charge in [-0.25, -0.2) is 4.79 Å². The van der Waals surface area contributed by atoms with Gasteiger partial charge in [-0.2, -0.15) is 13.2 Å². The van der Waals surface area contributed by atoms with E-state index in [1.165, 1.54) is 6.07 Å². The molecule has 2 aromatic heterocycles. The summed E-state index contributed by atoms with van der Waals surface area (Å²) in [5.74, 6) is -0.180. The highest BCUT2D eigenvalue weighted by molar-refractivity contribution is 6.31. The summed E-state index contributed by atoms with van der Waals surface area (Å²) in [5.41, 5.74) is 1.30. The van der Waals surface area contributed by atoms with Crippen LogP contribution in [-0.2, 0) is 6.18 Å². The lowest BCUT2D eigenvalue weighted by Gasteiger charge is -2.27. The van der Waals surface area contributed by atoms with E-state index >= 15 is 0 Å². The van der Waals surface area contributed by atoms with Crippen LogP contribution in [0, 0.1) is 0 Å². The van der Waals surface area contributed by atoms with Gasteiger partial charge in [0.2, 0.25) is 0 Å². The zero-order valence-corrected chi connectivity index (χ0v) is 22.5. The van der Waals surface area contributed by atoms with Gasteiger partial charge in [0.25, 0.3) is 5.91 Å². The van der Waals surface area contributed by atoms with Crippen LogP contribution in [-0.4, -0.2) is 65.7 Å². The fourth-order valence-electron chi connectivity index (χ4n) is 4.65. The second-order valence-corrected chi connectivity index (χ2v) is 9.88. The molecule has 0 bridgehead atoms. The number of amides is 3. The van der Waals surface area contributed by atoms with Gasteiger partial charge in [-0.15, -0.1) is 0 Å². The number of rotatable bonds is 7. The van der Waals surface area contributed by atoms with Crippen LogP contribution < -0.4 is 21.3 Å². The van der Waals surface area contributed by atoms with Gasteiger partial charge in [0.05, 0.1) is 27.9 Å². The number of carbonyl (C=O) groups excluding carboxylic acids is 2. The van der Waals surface area contributed by atoms with E-state index in [0.717, 1.165) is 61.4 Å². The molecule has 13 heteroatoms. The van der Waals surface area contributed by atoms with Gasteiger partial charge in [-0.1, -0.05) is 11.6 Å². The molecule has 0 unspecified atom stereocenters. The fourth-order valence-corrected chi connectivity index (χ4v) is 4.87. The number of nitrogens with zero attached hydrogens (tertiary/aromatic N) is 3. The van der Waals surface area contributed by atoms with E-state index in [4.69, 9.17) is 11.6 Å². The number of benzene rings is 2. The second-order valence-electron chi connectivity index (χ2n) is 9.47. The maximum absolute atomic E-state index is 13.1. The second kappa shape index (κ2) is 12.2. The third-order valence-corrected chi connectivity index (χ3v) is 7.04. The Morgan fingerprint density at radius 2 is 1.71 bits per heavy atom. The summed E-state index contributed by atoms with van der Waals surface area (Å²) in [6, 6.07) is 11.0. The predicted octanol–water partition coefficient (Wildman–Crippen LogP) is 4.98. The molecular weight excluding hydrogens is 559 g/mol. The van der Waals surface area contributed by atoms with E-state index < -0.39 is 22.8 Å². The van der Waals surface area contributed by atoms with Crippen LogP contribution in [0.4, 0.5) is 29.3 Å². The summed E-state index contributed by atoms with van der Waals surface area (Å²) in [6.45, 7) is 5.10. The van der Waals surface area contributed by atoms with Crippen molar-refractivity contribution in [3.8, 4) is 5.69 Å². The molecule has 3 heterocycles. The summed E-state index contributed by atoms with van der Waals surface area (Å²) in [7, 11) is 0. The molecule has 0 spiro atoms. The standard InChI is InChI=1S/C28H27ClF3N7O2/c29-24-6-3-19(15-23(24)28(30,31)32)37-27(41)36-18-1-4-20(5-2-18)39-17-22(21-7-8-34-16-25(21)39)26(40)35-11-14-38-12-9-33-10-13-38/h1-8,15-17,33H,9-14H2,(H,35,40)(H2,36,37,41). The maximum Gasteiger partial charge on any atom is 0.417 e. The van der Waals surface area contributed by atoms with Gasteiger partial charge < -0.3 is 25.8 Å². The molecule has 0 saturated carbocycles. The Morgan fingerprint density at radius 1 is 1.00 bits per heavy atom. The molecule has 4 N–H and O–H groups in total. The SMILES string of the molecule is O=C(Nc1ccc(-n2cc(C(=O)NCCN3CCNCC3)c3ccncc32)cc1)Nc1ccc(Cl)c(C(F)(F)F)c1. The quantitative estimate of drug-likeness (QED) is 0.245. The molecule has 5 rings (SSSR count). The number of halogens is 4. The van der Waals surface area contributed by atoms with E-state index in [9.17, 15) is 22.8 Å². The Bertz CT molecular complexity index is 1550. The molecule has 9 nitrogen and oxygen atoms in total. The number of piperazine rings is 1. The highest BCUT2D eigenvalue weighted by Crippen LogP contribution is 2.36. The number of pyridine rings is 1. The summed E-state index contributed by atoms with van der Waals surface area (Å²) < 4.78 is 41.2. The first-order valence-electron chi connectivity index (χ1n) is 12.9. The minimum absolute atomic E-state index is 0.0547. The monoisotopic (exact) mass is 585 g/mol.